The van der Waals surface area contributed by atoms with Gasteiger partial charge in [-0.15, -0.1) is 0 Å². The molecule has 7 nitrogen and oxygen atoms in total. The van der Waals surface area contributed by atoms with E-state index < -0.39 is 0 Å². The second-order valence-electron chi connectivity index (χ2n) is 6.36. The number of aryl methyl sites for hydroxylation is 1. The summed E-state index contributed by atoms with van der Waals surface area (Å²) in [4.78, 5) is 19.3. The molecule has 0 aliphatic carbocycles. The number of rotatable bonds is 4. The Morgan fingerprint density at radius 2 is 2.16 bits per heavy atom. The van der Waals surface area contributed by atoms with Crippen LogP contribution < -0.4 is 5.56 Å². The first kappa shape index (κ1) is 17.7. The van der Waals surface area contributed by atoms with E-state index in [0.717, 1.165) is 32.5 Å². The summed E-state index contributed by atoms with van der Waals surface area (Å²) in [5.41, 5.74) is 1.47. The molecule has 25 heavy (non-hydrogen) atoms. The van der Waals surface area contributed by atoms with Crippen molar-refractivity contribution < 1.29 is 10.3 Å². The Kier molecular flexibility index (Phi) is 5.24. The lowest BCUT2D eigenvalue weighted by atomic mass is 9.97. The summed E-state index contributed by atoms with van der Waals surface area (Å²) in [6.07, 6.45) is 3.90. The highest BCUT2D eigenvalue weighted by Crippen LogP contribution is 2.21. The third-order valence-corrected chi connectivity index (χ3v) is 5.22. The van der Waals surface area contributed by atoms with Gasteiger partial charge in [0.05, 0.1) is 0 Å². The third-order valence-electron chi connectivity index (χ3n) is 4.83. The van der Waals surface area contributed by atoms with Gasteiger partial charge in [-0.25, -0.2) is 4.98 Å². The lowest BCUT2D eigenvalue weighted by Crippen LogP contribution is -2.37. The quantitative estimate of drug-likeness (QED) is 0.492. The number of aromatic nitrogens is 2. The van der Waals surface area contributed by atoms with Crippen molar-refractivity contribution in [3.05, 3.63) is 39.9 Å². The van der Waals surface area contributed by atoms with Crippen LogP contribution in [0.1, 0.15) is 24.1 Å². The molecule has 0 amide bonds. The minimum absolute atomic E-state index is 0.00116. The van der Waals surface area contributed by atoms with Gasteiger partial charge in [0.2, 0.25) is 0 Å². The van der Waals surface area contributed by atoms with Gasteiger partial charge in [0.25, 0.3) is 5.56 Å². The predicted octanol–water partition coefficient (Wildman–Crippen LogP) is 1.99. The number of nitrogens with zero attached hydrogens (tertiary/aromatic N) is 4. The average Bonchev–Trinajstić information content (AvgIpc) is 2.62. The summed E-state index contributed by atoms with van der Waals surface area (Å²) < 4.78 is 1.39. The van der Waals surface area contributed by atoms with Crippen molar-refractivity contribution in [3.8, 4) is 5.75 Å². The fourth-order valence-electron chi connectivity index (χ4n) is 3.32. The van der Waals surface area contributed by atoms with Crippen LogP contribution >= 0.6 is 11.6 Å². The molecule has 0 radical (unpaired) electrons. The van der Waals surface area contributed by atoms with Crippen molar-refractivity contribution in [2.75, 3.05) is 19.6 Å². The SMILES string of the molecule is Cc1nc2c(O)cccn2c(=O)c1CCN1CCC(/C(Cl)=N/O)CC1. The molecule has 0 unspecified atom stereocenters. The highest BCUT2D eigenvalue weighted by molar-refractivity contribution is 6.65. The molecule has 0 atom stereocenters. The first-order valence-corrected chi connectivity index (χ1v) is 8.68. The molecule has 0 bridgehead atoms. The standard InChI is InChI=1S/C17H21ClN4O3/c1-11-13(17(24)22-7-2-3-14(23)16(22)19-11)6-10-21-8-4-12(5-9-21)15(18)20-25/h2-3,7,12,23,25H,4-6,8-10H2,1H3/b20-15-. The zero-order valence-corrected chi connectivity index (χ0v) is 14.8. The van der Waals surface area contributed by atoms with E-state index in [1.807, 2.05) is 0 Å². The first-order valence-electron chi connectivity index (χ1n) is 8.31. The topological polar surface area (TPSA) is 90.4 Å². The van der Waals surface area contributed by atoms with Gasteiger partial charge in [-0.3, -0.25) is 9.20 Å². The molecular weight excluding hydrogens is 344 g/mol. The molecule has 0 spiro atoms. The zero-order valence-electron chi connectivity index (χ0n) is 14.0. The molecule has 134 valence electrons. The molecule has 1 aliphatic heterocycles. The number of aromatic hydroxyl groups is 1. The number of pyridine rings is 1. The predicted molar refractivity (Wildman–Crippen MR) is 95.8 cm³/mol. The third kappa shape index (κ3) is 3.62. The van der Waals surface area contributed by atoms with Gasteiger partial charge < -0.3 is 15.2 Å². The highest BCUT2D eigenvalue weighted by Gasteiger charge is 2.23. The van der Waals surface area contributed by atoms with E-state index in [2.05, 4.69) is 15.0 Å². The summed E-state index contributed by atoms with van der Waals surface area (Å²) in [5, 5.41) is 22.0. The van der Waals surface area contributed by atoms with Crippen molar-refractivity contribution in [2.45, 2.75) is 26.2 Å². The minimum atomic E-state index is -0.135. The molecule has 2 aromatic heterocycles. The lowest BCUT2D eigenvalue weighted by Gasteiger charge is -2.30. The number of oxime groups is 1. The molecular formula is C17H21ClN4O3. The maximum absolute atomic E-state index is 12.7. The van der Waals surface area contributed by atoms with Crippen LogP contribution in [0.25, 0.3) is 5.65 Å². The van der Waals surface area contributed by atoms with Gasteiger partial charge in [0.15, 0.2) is 11.4 Å². The van der Waals surface area contributed by atoms with E-state index in [-0.39, 0.29) is 28.0 Å². The van der Waals surface area contributed by atoms with Crippen LogP contribution in [0.15, 0.2) is 28.3 Å². The van der Waals surface area contributed by atoms with Crippen LogP contribution in [0.3, 0.4) is 0 Å². The molecule has 1 saturated heterocycles. The van der Waals surface area contributed by atoms with Gasteiger partial charge in [0, 0.05) is 29.9 Å². The summed E-state index contributed by atoms with van der Waals surface area (Å²) >= 11 is 5.88. The molecule has 0 aromatic carbocycles. The smallest absolute Gasteiger partial charge is 0.261 e. The summed E-state index contributed by atoms with van der Waals surface area (Å²) in [6.45, 7) is 4.24. The van der Waals surface area contributed by atoms with Crippen LogP contribution in [0.2, 0.25) is 0 Å². The molecule has 3 heterocycles. The van der Waals surface area contributed by atoms with Crippen molar-refractivity contribution in [3.63, 3.8) is 0 Å². The number of piperidine rings is 1. The molecule has 3 rings (SSSR count). The number of halogens is 1. The fraction of sp³-hybridized carbons (Fsp3) is 0.471. The van der Waals surface area contributed by atoms with E-state index in [1.165, 1.54) is 10.5 Å². The Bertz CT molecular complexity index is 857. The molecule has 2 N–H and O–H groups in total. The van der Waals surface area contributed by atoms with Crippen LogP contribution in [-0.4, -0.2) is 49.4 Å². The van der Waals surface area contributed by atoms with Gasteiger partial charge in [0.1, 0.15) is 5.17 Å². The van der Waals surface area contributed by atoms with Crippen LogP contribution in [0, 0.1) is 12.8 Å². The van der Waals surface area contributed by atoms with Crippen molar-refractivity contribution >= 4 is 22.4 Å². The Morgan fingerprint density at radius 3 is 2.84 bits per heavy atom. The van der Waals surface area contributed by atoms with Crippen molar-refractivity contribution in [1.29, 1.82) is 0 Å². The number of likely N-dealkylation sites (tertiary alicyclic amines) is 1. The van der Waals surface area contributed by atoms with E-state index in [0.29, 0.717) is 17.7 Å². The molecule has 8 heteroatoms. The second kappa shape index (κ2) is 7.41. The number of hydrogen-bond acceptors (Lipinski definition) is 6. The number of fused-ring (bicyclic) bond motifs is 1. The average molecular weight is 365 g/mol. The highest BCUT2D eigenvalue weighted by atomic mass is 35.5. The second-order valence-corrected chi connectivity index (χ2v) is 6.74. The Labute approximate surface area is 150 Å². The van der Waals surface area contributed by atoms with Crippen LogP contribution in [-0.2, 0) is 6.42 Å². The fourth-order valence-corrected chi connectivity index (χ4v) is 3.54. The Hall–Kier alpha value is -2.12. The van der Waals surface area contributed by atoms with E-state index >= 15 is 0 Å². The van der Waals surface area contributed by atoms with E-state index in [9.17, 15) is 9.90 Å². The summed E-state index contributed by atoms with van der Waals surface area (Å²) in [5.74, 6) is 0.110. The van der Waals surface area contributed by atoms with Crippen LogP contribution in [0.4, 0.5) is 0 Å². The Balaban J connectivity index is 1.71. The van der Waals surface area contributed by atoms with E-state index in [1.54, 1.807) is 19.2 Å². The summed E-state index contributed by atoms with van der Waals surface area (Å²) in [7, 11) is 0. The van der Waals surface area contributed by atoms with Crippen molar-refractivity contribution in [1.82, 2.24) is 14.3 Å². The van der Waals surface area contributed by atoms with E-state index in [4.69, 9.17) is 16.8 Å². The normalized spacial score (nSPS) is 17.3. The zero-order chi connectivity index (χ0) is 18.0. The molecule has 0 saturated carbocycles. The minimum Gasteiger partial charge on any atom is -0.504 e. The number of hydrogen-bond donors (Lipinski definition) is 2. The molecule has 2 aromatic rings. The van der Waals surface area contributed by atoms with Gasteiger partial charge in [-0.1, -0.05) is 16.8 Å². The van der Waals surface area contributed by atoms with Gasteiger partial charge in [-0.05, 0) is 51.4 Å². The Morgan fingerprint density at radius 1 is 1.44 bits per heavy atom. The maximum Gasteiger partial charge on any atom is 0.261 e. The maximum atomic E-state index is 12.7. The summed E-state index contributed by atoms with van der Waals surface area (Å²) in [6, 6.07) is 3.15. The molecule has 1 aliphatic rings. The van der Waals surface area contributed by atoms with Crippen LogP contribution in [0.5, 0.6) is 5.75 Å². The van der Waals surface area contributed by atoms with Crippen molar-refractivity contribution in [2.24, 2.45) is 11.1 Å². The lowest BCUT2D eigenvalue weighted by molar-refractivity contribution is 0.209. The monoisotopic (exact) mass is 364 g/mol. The first-order chi connectivity index (χ1) is 12.0. The van der Waals surface area contributed by atoms with Gasteiger partial charge in [-0.2, -0.15) is 0 Å². The largest absolute Gasteiger partial charge is 0.504 e. The van der Waals surface area contributed by atoms with Gasteiger partial charge >= 0.3 is 0 Å². The molecule has 1 fully saturated rings.